The Labute approximate surface area is 103 Å². The van der Waals surface area contributed by atoms with Crippen LogP contribution in [-0.2, 0) is 4.79 Å². The molecule has 0 fully saturated rings. The number of carbonyl (C=O) groups excluding carboxylic acids is 1. The Morgan fingerprint density at radius 1 is 1.41 bits per heavy atom. The number of para-hydroxylation sites is 1. The second-order valence-corrected chi connectivity index (χ2v) is 4.05. The summed E-state index contributed by atoms with van der Waals surface area (Å²) in [5, 5.41) is 6.13. The number of benzene rings is 1. The van der Waals surface area contributed by atoms with Gasteiger partial charge >= 0.3 is 0 Å². The van der Waals surface area contributed by atoms with E-state index in [0.717, 1.165) is 18.7 Å². The Hall–Kier alpha value is -1.61. The average Bonchev–Trinajstić information content (AvgIpc) is 2.30. The van der Waals surface area contributed by atoms with Crippen LogP contribution in [-0.4, -0.2) is 18.5 Å². The molecule has 17 heavy (non-hydrogen) atoms. The highest BCUT2D eigenvalue weighted by Crippen LogP contribution is 2.06. The lowest BCUT2D eigenvalue weighted by Gasteiger charge is -2.12. The van der Waals surface area contributed by atoms with E-state index in [4.69, 9.17) is 0 Å². The molecule has 0 bridgehead atoms. The van der Waals surface area contributed by atoms with Crippen LogP contribution in [0.4, 0.5) is 5.69 Å². The van der Waals surface area contributed by atoms with Crippen molar-refractivity contribution in [3.05, 3.63) is 43.0 Å². The second kappa shape index (κ2) is 7.63. The van der Waals surface area contributed by atoms with Gasteiger partial charge in [-0.2, -0.15) is 0 Å². The highest BCUT2D eigenvalue weighted by Gasteiger charge is 2.07. The van der Waals surface area contributed by atoms with Gasteiger partial charge in [-0.15, -0.1) is 6.58 Å². The third-order valence-electron chi connectivity index (χ3n) is 2.39. The van der Waals surface area contributed by atoms with Gasteiger partial charge in [-0.25, -0.2) is 0 Å². The molecule has 1 atom stereocenters. The van der Waals surface area contributed by atoms with Crippen LogP contribution in [0.25, 0.3) is 0 Å². The van der Waals surface area contributed by atoms with Crippen LogP contribution in [0.3, 0.4) is 0 Å². The van der Waals surface area contributed by atoms with Gasteiger partial charge in [0.25, 0.3) is 0 Å². The van der Waals surface area contributed by atoms with Crippen molar-refractivity contribution >= 4 is 11.6 Å². The van der Waals surface area contributed by atoms with Gasteiger partial charge in [-0.1, -0.05) is 24.3 Å². The molecule has 3 nitrogen and oxygen atoms in total. The molecule has 1 rings (SSSR count). The predicted molar refractivity (Wildman–Crippen MR) is 72.0 cm³/mol. The number of rotatable bonds is 7. The first-order valence-electron chi connectivity index (χ1n) is 5.91. The quantitative estimate of drug-likeness (QED) is 0.560. The lowest BCUT2D eigenvalue weighted by Crippen LogP contribution is -2.31. The van der Waals surface area contributed by atoms with Crippen molar-refractivity contribution < 1.29 is 4.79 Å². The fourth-order valence-corrected chi connectivity index (χ4v) is 1.52. The monoisotopic (exact) mass is 232 g/mol. The van der Waals surface area contributed by atoms with E-state index in [2.05, 4.69) is 17.2 Å². The smallest absolute Gasteiger partial charge is 0.225 e. The maximum atomic E-state index is 11.7. The average molecular weight is 232 g/mol. The molecule has 2 N–H and O–H groups in total. The molecule has 0 aliphatic rings. The summed E-state index contributed by atoms with van der Waals surface area (Å²) in [4.78, 5) is 11.7. The van der Waals surface area contributed by atoms with Crippen LogP contribution in [0, 0.1) is 0 Å². The van der Waals surface area contributed by atoms with Crippen LogP contribution in [0.15, 0.2) is 43.0 Å². The number of anilines is 1. The molecule has 1 aromatic carbocycles. The molecule has 0 radical (unpaired) electrons. The van der Waals surface area contributed by atoms with Gasteiger partial charge in [0, 0.05) is 18.2 Å². The lowest BCUT2D eigenvalue weighted by atomic mass is 10.2. The molecule has 0 heterocycles. The Bertz CT molecular complexity index is 348. The maximum Gasteiger partial charge on any atom is 0.225 e. The molecule has 0 spiro atoms. The van der Waals surface area contributed by atoms with Crippen molar-refractivity contribution in [1.82, 2.24) is 5.32 Å². The van der Waals surface area contributed by atoms with Crippen molar-refractivity contribution in [3.63, 3.8) is 0 Å². The van der Waals surface area contributed by atoms with Gasteiger partial charge in [-0.3, -0.25) is 4.79 Å². The third kappa shape index (κ3) is 5.88. The van der Waals surface area contributed by atoms with Crippen LogP contribution in [0.5, 0.6) is 0 Å². The summed E-state index contributed by atoms with van der Waals surface area (Å²) >= 11 is 0. The lowest BCUT2D eigenvalue weighted by molar-refractivity contribution is -0.116. The molecule has 3 heteroatoms. The number of hydrogen-bond acceptors (Lipinski definition) is 2. The van der Waals surface area contributed by atoms with Gasteiger partial charge in [0.1, 0.15) is 0 Å². The first-order valence-corrected chi connectivity index (χ1v) is 5.91. The molecule has 0 saturated carbocycles. The molecule has 0 aromatic heterocycles. The number of carbonyl (C=O) groups is 1. The van der Waals surface area contributed by atoms with E-state index >= 15 is 0 Å². The molecule has 1 aromatic rings. The molecule has 0 aliphatic heterocycles. The first kappa shape index (κ1) is 13.5. The summed E-state index contributed by atoms with van der Waals surface area (Å²) in [5.41, 5.74) is 0.843. The zero-order chi connectivity index (χ0) is 12.5. The van der Waals surface area contributed by atoms with Gasteiger partial charge in [0.15, 0.2) is 0 Å². The maximum absolute atomic E-state index is 11.7. The minimum absolute atomic E-state index is 0.0369. The zero-order valence-electron chi connectivity index (χ0n) is 10.3. The highest BCUT2D eigenvalue weighted by atomic mass is 16.1. The van der Waals surface area contributed by atoms with Crippen molar-refractivity contribution in [2.75, 3.05) is 11.9 Å². The summed E-state index contributed by atoms with van der Waals surface area (Å²) < 4.78 is 0. The zero-order valence-corrected chi connectivity index (χ0v) is 10.3. The summed E-state index contributed by atoms with van der Waals surface area (Å²) in [7, 11) is 0. The molecule has 0 saturated heterocycles. The Balaban J connectivity index is 2.27. The fourth-order valence-electron chi connectivity index (χ4n) is 1.52. The van der Waals surface area contributed by atoms with Crippen molar-refractivity contribution in [2.24, 2.45) is 0 Å². The van der Waals surface area contributed by atoms with Crippen LogP contribution < -0.4 is 10.6 Å². The molecular weight excluding hydrogens is 212 g/mol. The van der Waals surface area contributed by atoms with E-state index in [0.29, 0.717) is 6.42 Å². The highest BCUT2D eigenvalue weighted by molar-refractivity contribution is 5.90. The SMILES string of the molecule is C=CCCNC(C)CC(=O)Nc1ccccc1. The minimum Gasteiger partial charge on any atom is -0.326 e. The summed E-state index contributed by atoms with van der Waals surface area (Å²) in [6.45, 7) is 6.53. The molecule has 92 valence electrons. The van der Waals surface area contributed by atoms with Crippen molar-refractivity contribution in [2.45, 2.75) is 25.8 Å². The van der Waals surface area contributed by atoms with Crippen LogP contribution in [0.2, 0.25) is 0 Å². The van der Waals surface area contributed by atoms with Crippen LogP contribution >= 0.6 is 0 Å². The summed E-state index contributed by atoms with van der Waals surface area (Å²) in [6, 6.07) is 9.68. The predicted octanol–water partition coefficient (Wildman–Crippen LogP) is 2.57. The summed E-state index contributed by atoms with van der Waals surface area (Å²) in [5.74, 6) is 0.0369. The fraction of sp³-hybridized carbons (Fsp3) is 0.357. The van der Waals surface area contributed by atoms with Crippen molar-refractivity contribution in [1.29, 1.82) is 0 Å². The van der Waals surface area contributed by atoms with Gasteiger partial charge in [0.2, 0.25) is 5.91 Å². The van der Waals surface area contributed by atoms with Gasteiger partial charge in [0.05, 0.1) is 0 Å². The Morgan fingerprint density at radius 2 is 2.12 bits per heavy atom. The third-order valence-corrected chi connectivity index (χ3v) is 2.39. The van der Waals surface area contributed by atoms with Gasteiger partial charge in [-0.05, 0) is 32.0 Å². The largest absolute Gasteiger partial charge is 0.326 e. The standard InChI is InChI=1S/C14H20N2O/c1-3-4-10-15-12(2)11-14(17)16-13-8-6-5-7-9-13/h3,5-9,12,15H,1,4,10-11H2,2H3,(H,16,17). The number of amides is 1. The molecule has 1 amide bonds. The normalized spacial score (nSPS) is 11.8. The molecule has 0 aliphatic carbocycles. The number of hydrogen-bond donors (Lipinski definition) is 2. The summed E-state index contributed by atoms with van der Waals surface area (Å²) in [6.07, 6.45) is 3.26. The van der Waals surface area contributed by atoms with E-state index in [1.807, 2.05) is 43.3 Å². The van der Waals surface area contributed by atoms with Gasteiger partial charge < -0.3 is 10.6 Å². The first-order chi connectivity index (χ1) is 8.22. The topological polar surface area (TPSA) is 41.1 Å². The second-order valence-electron chi connectivity index (χ2n) is 4.05. The van der Waals surface area contributed by atoms with Crippen molar-refractivity contribution in [3.8, 4) is 0 Å². The minimum atomic E-state index is 0.0369. The van der Waals surface area contributed by atoms with E-state index < -0.39 is 0 Å². The van der Waals surface area contributed by atoms with E-state index in [1.54, 1.807) is 0 Å². The van der Waals surface area contributed by atoms with E-state index in [1.165, 1.54) is 0 Å². The van der Waals surface area contributed by atoms with Crippen LogP contribution in [0.1, 0.15) is 19.8 Å². The van der Waals surface area contributed by atoms with E-state index in [-0.39, 0.29) is 11.9 Å². The van der Waals surface area contributed by atoms with E-state index in [9.17, 15) is 4.79 Å². The molecular formula is C14H20N2O. The molecule has 1 unspecified atom stereocenters. The Kier molecular flexibility index (Phi) is 6.04. The number of nitrogens with one attached hydrogen (secondary N) is 2. The Morgan fingerprint density at radius 3 is 2.76 bits per heavy atom.